The van der Waals surface area contributed by atoms with Crippen molar-refractivity contribution in [3.05, 3.63) is 59.3 Å². The van der Waals surface area contributed by atoms with Gasteiger partial charge in [0.05, 0.1) is 55.4 Å². The zero-order valence-electron chi connectivity index (χ0n) is 41.1. The number of aliphatic hydroxyl groups is 2. The second-order valence-electron chi connectivity index (χ2n) is 20.1. The number of rotatable bonds is 9. The average molecular weight is 928 g/mol. The maximum absolute atomic E-state index is 14.4. The van der Waals surface area contributed by atoms with E-state index in [2.05, 4.69) is 39.8 Å². The van der Waals surface area contributed by atoms with Gasteiger partial charge in [-0.25, -0.2) is 0 Å². The highest BCUT2D eigenvalue weighted by Crippen LogP contribution is 2.47. The Balaban J connectivity index is 1.16. The fourth-order valence-electron chi connectivity index (χ4n) is 11.3. The van der Waals surface area contributed by atoms with E-state index in [1.165, 1.54) is 6.92 Å². The average Bonchev–Trinajstić information content (AvgIpc) is 3.62. The molecule has 6 heterocycles. The predicted molar refractivity (Wildman–Crippen MR) is 244 cm³/mol. The molecule has 4 fully saturated rings. The van der Waals surface area contributed by atoms with Gasteiger partial charge in [-0.05, 0) is 62.8 Å². The molecule has 15 heteroatoms. The van der Waals surface area contributed by atoms with E-state index in [0.29, 0.717) is 36.8 Å². The van der Waals surface area contributed by atoms with Crippen molar-refractivity contribution in [3.63, 3.8) is 0 Å². The van der Waals surface area contributed by atoms with Crippen molar-refractivity contribution in [2.75, 3.05) is 27.9 Å². The summed E-state index contributed by atoms with van der Waals surface area (Å²) < 4.78 is 64.7. The van der Waals surface area contributed by atoms with Gasteiger partial charge in [0.15, 0.2) is 18.4 Å². The van der Waals surface area contributed by atoms with E-state index in [4.69, 9.17) is 47.4 Å². The molecule has 0 saturated carbocycles. The summed E-state index contributed by atoms with van der Waals surface area (Å²) in [6, 6.07) is -0.264. The zero-order valence-corrected chi connectivity index (χ0v) is 41.1. The molecule has 7 aliphatic rings. The SMILES string of the molecule is CCC(C)[C@H]1O[C@]2(C=C[C@@H]1C)C[C@@H]1C[C@@H](C/C=C(\C)[C@@H](O[C@H]3C[C@H](OC)[C@@H](O[C@H]4C[C@H](OC)[C@H](N(C)C(C)=O)[C@H](C)O4)[C@H](C)O3)[C@@H](C)/C=C/C=C3\CO[C@@H]4[C@H](O)C(C)=C[C@@H](C(=O)O1)[C@]34O)O2. The number of carbonyl (C=O) groups is 2. The molecule has 7 rings (SSSR count). The Morgan fingerprint density at radius 1 is 0.939 bits per heavy atom. The van der Waals surface area contributed by atoms with E-state index in [0.717, 1.165) is 12.0 Å². The summed E-state index contributed by atoms with van der Waals surface area (Å²) in [5, 5.41) is 23.8. The van der Waals surface area contributed by atoms with E-state index in [1.54, 1.807) is 45.2 Å². The number of nitrogens with zero attached hydrogens (tertiary/aromatic N) is 1. The second-order valence-corrected chi connectivity index (χ2v) is 20.1. The molecule has 1 spiro atoms. The summed E-state index contributed by atoms with van der Waals surface area (Å²) in [4.78, 5) is 28.3. The van der Waals surface area contributed by atoms with E-state index in [9.17, 15) is 19.8 Å². The van der Waals surface area contributed by atoms with Crippen LogP contribution in [0.15, 0.2) is 59.3 Å². The van der Waals surface area contributed by atoms with Crippen LogP contribution in [0.25, 0.3) is 0 Å². The van der Waals surface area contributed by atoms with Gasteiger partial charge < -0.3 is 62.5 Å². The minimum absolute atomic E-state index is 0.0272. The number of carbonyl (C=O) groups excluding carboxylic acids is 2. The first-order valence-corrected chi connectivity index (χ1v) is 24.2. The Labute approximate surface area is 391 Å². The Bertz CT molecular complexity index is 1880. The molecule has 4 saturated heterocycles. The number of aliphatic hydroxyl groups excluding tert-OH is 1. The van der Waals surface area contributed by atoms with Crippen LogP contribution in [0.5, 0.6) is 0 Å². The molecule has 0 aromatic rings. The molecule has 2 bridgehead atoms. The van der Waals surface area contributed by atoms with Gasteiger partial charge in [-0.3, -0.25) is 9.59 Å². The number of hydrogen-bond donors (Lipinski definition) is 2. The maximum atomic E-state index is 14.4. The summed E-state index contributed by atoms with van der Waals surface area (Å²) in [6.45, 7) is 17.8. The topological polar surface area (TPSA) is 170 Å². The van der Waals surface area contributed by atoms with Crippen molar-refractivity contribution in [1.82, 2.24) is 4.90 Å². The van der Waals surface area contributed by atoms with Gasteiger partial charge in [-0.15, -0.1) is 0 Å². The van der Waals surface area contributed by atoms with E-state index in [-0.39, 0.29) is 61.0 Å². The van der Waals surface area contributed by atoms with Crippen molar-refractivity contribution in [3.8, 4) is 0 Å². The van der Waals surface area contributed by atoms with Crippen LogP contribution in [0.2, 0.25) is 0 Å². The number of likely N-dealkylation sites (N-methyl/N-ethyl adjacent to an activating group) is 1. The van der Waals surface area contributed by atoms with Crippen LogP contribution in [-0.4, -0.2) is 152 Å². The number of methoxy groups -OCH3 is 2. The number of allylic oxidation sites excluding steroid dienone is 2. The fourth-order valence-corrected chi connectivity index (χ4v) is 11.3. The Hall–Kier alpha value is -2.80. The largest absolute Gasteiger partial charge is 0.462 e. The number of esters is 1. The number of amides is 1. The number of hydrogen-bond acceptors (Lipinski definition) is 14. The predicted octanol–water partition coefficient (Wildman–Crippen LogP) is 5.86. The van der Waals surface area contributed by atoms with Gasteiger partial charge in [0.1, 0.15) is 35.9 Å². The molecule has 6 aliphatic heterocycles. The Kier molecular flexibility index (Phi) is 16.3. The molecule has 66 heavy (non-hydrogen) atoms. The third-order valence-electron chi connectivity index (χ3n) is 15.4. The fraction of sp³-hybridized carbons (Fsp3) is 0.765. The molecule has 1 unspecified atom stereocenters. The van der Waals surface area contributed by atoms with Crippen LogP contribution >= 0.6 is 0 Å². The smallest absolute Gasteiger partial charge is 0.316 e. The normalized spacial score (nSPS) is 46.8. The minimum atomic E-state index is -1.84. The molecule has 2 N–H and O–H groups in total. The van der Waals surface area contributed by atoms with Gasteiger partial charge >= 0.3 is 5.97 Å². The van der Waals surface area contributed by atoms with Crippen LogP contribution in [0.3, 0.4) is 0 Å². The maximum Gasteiger partial charge on any atom is 0.316 e. The van der Waals surface area contributed by atoms with Crippen molar-refractivity contribution in [1.29, 1.82) is 0 Å². The van der Waals surface area contributed by atoms with Crippen molar-refractivity contribution in [2.24, 2.45) is 23.7 Å². The van der Waals surface area contributed by atoms with Gasteiger partial charge in [-0.1, -0.05) is 70.6 Å². The van der Waals surface area contributed by atoms with Crippen molar-refractivity contribution >= 4 is 11.9 Å². The van der Waals surface area contributed by atoms with Gasteiger partial charge in [0.25, 0.3) is 0 Å². The third-order valence-corrected chi connectivity index (χ3v) is 15.4. The highest BCUT2D eigenvalue weighted by molar-refractivity contribution is 5.78. The van der Waals surface area contributed by atoms with E-state index in [1.807, 2.05) is 39.0 Å². The summed E-state index contributed by atoms with van der Waals surface area (Å²) in [6.07, 6.45) is 9.51. The molecule has 20 atom stereocenters. The zero-order chi connectivity index (χ0) is 47.8. The standard InChI is InChI=1S/C51H77NO14/c1-13-27(2)46-30(5)19-20-50(66-46)25-37-22-36(65-50)18-17-29(4)45(28(3)15-14-16-35-26-59-48-44(54)31(6)21-38(49(55)62-37)51(35,48)56)63-42-24-40(58-12)47(33(8)61-42)64-41-23-39(57-11)43(32(7)60-41)52(10)34(9)53/h14-17,19-21,27-28,30,32-33,36-48,54,56H,13,18,22-26H2,1-12H3/b15-14+,29-17+,35-16+/t27?,28-,30-,32-,33-,36+,37-,38-,39-,40-,41-,42-,43+,44+,45-,46+,47-,48+,50+,51+/m0/s1. The van der Waals surface area contributed by atoms with Crippen LogP contribution in [0.4, 0.5) is 0 Å². The summed E-state index contributed by atoms with van der Waals surface area (Å²) >= 11 is 0. The molecule has 15 nitrogen and oxygen atoms in total. The third kappa shape index (κ3) is 10.4. The molecule has 0 radical (unpaired) electrons. The van der Waals surface area contributed by atoms with Gasteiger partial charge in [0.2, 0.25) is 5.91 Å². The highest BCUT2D eigenvalue weighted by Gasteiger charge is 2.60. The van der Waals surface area contributed by atoms with Crippen LogP contribution in [0.1, 0.15) is 101 Å². The van der Waals surface area contributed by atoms with Crippen LogP contribution < -0.4 is 0 Å². The second kappa shape index (κ2) is 21.1. The Morgan fingerprint density at radius 3 is 2.33 bits per heavy atom. The molecular weight excluding hydrogens is 851 g/mol. The molecule has 370 valence electrons. The minimum Gasteiger partial charge on any atom is -0.462 e. The van der Waals surface area contributed by atoms with E-state index < -0.39 is 84.7 Å². The highest BCUT2D eigenvalue weighted by atomic mass is 16.7. The molecule has 1 amide bonds. The first-order valence-electron chi connectivity index (χ1n) is 24.2. The van der Waals surface area contributed by atoms with Crippen LogP contribution in [-0.2, 0) is 57.0 Å². The molecule has 0 aromatic heterocycles. The first-order chi connectivity index (χ1) is 31.3. The lowest BCUT2D eigenvalue weighted by Crippen LogP contribution is -2.59. The number of ether oxygens (including phenoxy) is 10. The molecule has 1 aliphatic carbocycles. The van der Waals surface area contributed by atoms with Crippen LogP contribution in [0, 0.1) is 23.7 Å². The lowest BCUT2D eigenvalue weighted by molar-refractivity contribution is -0.314. The lowest BCUT2D eigenvalue weighted by atomic mass is 9.71. The quantitative estimate of drug-likeness (QED) is 0.208. The molecular formula is C51H77NO14. The Morgan fingerprint density at radius 2 is 1.64 bits per heavy atom. The summed E-state index contributed by atoms with van der Waals surface area (Å²) in [5.41, 5.74) is 0.118. The van der Waals surface area contributed by atoms with Crippen molar-refractivity contribution in [2.45, 2.75) is 198 Å². The summed E-state index contributed by atoms with van der Waals surface area (Å²) in [5.74, 6) is -2.67. The van der Waals surface area contributed by atoms with Gasteiger partial charge in [0, 0.05) is 65.7 Å². The van der Waals surface area contributed by atoms with Crippen molar-refractivity contribution < 1.29 is 67.2 Å². The number of fused-ring (bicyclic) bond motifs is 2. The monoisotopic (exact) mass is 928 g/mol. The lowest BCUT2D eigenvalue weighted by Gasteiger charge is -2.48. The van der Waals surface area contributed by atoms with Gasteiger partial charge in [-0.2, -0.15) is 0 Å². The first kappa shape index (κ1) is 51.1. The molecule has 0 aromatic carbocycles. The summed E-state index contributed by atoms with van der Waals surface area (Å²) in [7, 11) is 5.05. The van der Waals surface area contributed by atoms with E-state index >= 15 is 0 Å².